The van der Waals surface area contributed by atoms with Gasteiger partial charge in [-0.2, -0.15) is 0 Å². The highest BCUT2D eigenvalue weighted by atomic mass is 16.4. The summed E-state index contributed by atoms with van der Waals surface area (Å²) in [7, 11) is 0. The summed E-state index contributed by atoms with van der Waals surface area (Å²) in [6, 6.07) is 0. The van der Waals surface area contributed by atoms with Crippen molar-refractivity contribution >= 4 is 5.97 Å². The number of aliphatic hydroxyl groups is 4. The van der Waals surface area contributed by atoms with Gasteiger partial charge in [-0.05, 0) is 92.3 Å². The number of aliphatic carboxylic acids is 1. The highest BCUT2D eigenvalue weighted by molar-refractivity contribution is 5.77. The molecule has 0 aromatic heterocycles. The van der Waals surface area contributed by atoms with Crippen LogP contribution >= 0.6 is 0 Å². The predicted octanol–water partition coefficient (Wildman–Crippen LogP) is 4.15. The molecule has 6 heteroatoms. The van der Waals surface area contributed by atoms with Crippen molar-refractivity contribution < 1.29 is 30.3 Å². The Hall–Kier alpha value is -0.950. The Balaban J connectivity index is 1.65. The minimum absolute atomic E-state index is 0.0252. The van der Waals surface area contributed by atoms with Gasteiger partial charge < -0.3 is 25.5 Å². The largest absolute Gasteiger partial charge is 0.481 e. The molecule has 0 heterocycles. The maximum absolute atomic E-state index is 12.8. The summed E-state index contributed by atoms with van der Waals surface area (Å²) in [5, 5.41) is 54.8. The van der Waals surface area contributed by atoms with Gasteiger partial charge in [-0.25, -0.2) is 0 Å². The molecule has 5 N–H and O–H groups in total. The Morgan fingerprint density at radius 2 is 1.67 bits per heavy atom. The van der Waals surface area contributed by atoms with E-state index in [1.165, 1.54) is 0 Å². The van der Waals surface area contributed by atoms with E-state index in [4.69, 9.17) is 0 Å². The second-order valence-electron chi connectivity index (χ2n) is 14.7. The third kappa shape index (κ3) is 2.91. The zero-order valence-corrected chi connectivity index (χ0v) is 23.0. The first-order valence-corrected chi connectivity index (χ1v) is 14.2. The predicted molar refractivity (Wildman–Crippen MR) is 137 cm³/mol. The number of aliphatic hydroxyl groups excluding tert-OH is 3. The lowest BCUT2D eigenvalue weighted by Gasteiger charge is -2.72. The minimum atomic E-state index is -1.09. The average molecular weight is 505 g/mol. The average Bonchev–Trinajstić information content (AvgIpc) is 2.80. The Kier molecular flexibility index (Phi) is 5.77. The van der Waals surface area contributed by atoms with E-state index >= 15 is 0 Å². The van der Waals surface area contributed by atoms with Gasteiger partial charge in [0.05, 0.1) is 29.8 Å². The van der Waals surface area contributed by atoms with Gasteiger partial charge in [-0.3, -0.25) is 4.79 Å². The molecule has 204 valence electrons. The molecule has 36 heavy (non-hydrogen) atoms. The van der Waals surface area contributed by atoms with Crippen LogP contribution in [0.3, 0.4) is 0 Å². The van der Waals surface area contributed by atoms with Crippen molar-refractivity contribution in [2.45, 2.75) is 111 Å². The summed E-state index contributed by atoms with van der Waals surface area (Å²) in [5.41, 5.74) is -2.28. The van der Waals surface area contributed by atoms with Crippen LogP contribution in [-0.4, -0.2) is 55.9 Å². The van der Waals surface area contributed by atoms with Crippen molar-refractivity contribution in [2.24, 2.45) is 50.7 Å². The van der Waals surface area contributed by atoms with Gasteiger partial charge in [0.1, 0.15) is 0 Å². The molecule has 0 aliphatic heterocycles. The van der Waals surface area contributed by atoms with Crippen LogP contribution in [0.25, 0.3) is 0 Å². The van der Waals surface area contributed by atoms with Gasteiger partial charge in [0, 0.05) is 11.3 Å². The van der Waals surface area contributed by atoms with Crippen molar-refractivity contribution in [2.75, 3.05) is 6.61 Å². The topological polar surface area (TPSA) is 118 Å². The standard InChI is InChI=1S/C30H48O6/c1-17-9-12-30(24(34)35)14-13-27(4)18(22(30)29(17,6)36)7-8-21-25(2)15-19(32)23(33)26(3,16-31)20(25)10-11-28(21,27)5/h7,17,19-23,31-33,36H,8-16H2,1-6H3,(H,34,35)/t17-,19-,20+,21+,22-,23-,25+,26+,27-,28-,29-,30+/m1/s1. The third-order valence-corrected chi connectivity index (χ3v) is 13.6. The molecule has 4 saturated carbocycles. The maximum Gasteiger partial charge on any atom is 0.310 e. The summed E-state index contributed by atoms with van der Waals surface area (Å²) in [4.78, 5) is 12.8. The van der Waals surface area contributed by atoms with Crippen molar-refractivity contribution in [3.63, 3.8) is 0 Å². The summed E-state index contributed by atoms with van der Waals surface area (Å²) in [6.07, 6.45) is 6.20. The van der Waals surface area contributed by atoms with E-state index in [2.05, 4.69) is 33.8 Å². The zero-order chi connectivity index (χ0) is 26.7. The Morgan fingerprint density at radius 3 is 2.28 bits per heavy atom. The van der Waals surface area contributed by atoms with E-state index in [0.717, 1.165) is 37.7 Å². The van der Waals surface area contributed by atoms with Crippen LogP contribution in [0.15, 0.2) is 11.6 Å². The second kappa shape index (κ2) is 7.80. The number of rotatable bonds is 2. The number of carbonyl (C=O) groups is 1. The molecule has 0 unspecified atom stereocenters. The summed E-state index contributed by atoms with van der Waals surface area (Å²) >= 11 is 0. The van der Waals surface area contributed by atoms with Crippen LogP contribution in [0.1, 0.15) is 92.9 Å². The highest BCUT2D eigenvalue weighted by Crippen LogP contribution is 2.76. The third-order valence-electron chi connectivity index (χ3n) is 13.6. The van der Waals surface area contributed by atoms with Crippen LogP contribution in [0, 0.1) is 50.7 Å². The van der Waals surface area contributed by atoms with Crippen molar-refractivity contribution in [1.29, 1.82) is 0 Å². The van der Waals surface area contributed by atoms with Crippen LogP contribution < -0.4 is 0 Å². The molecular weight excluding hydrogens is 456 g/mol. The highest BCUT2D eigenvalue weighted by Gasteiger charge is 2.72. The van der Waals surface area contributed by atoms with E-state index in [0.29, 0.717) is 19.3 Å². The quantitative estimate of drug-likeness (QED) is 0.361. The van der Waals surface area contributed by atoms with Gasteiger partial charge in [-0.1, -0.05) is 46.3 Å². The lowest BCUT2D eigenvalue weighted by Crippen LogP contribution is -2.69. The van der Waals surface area contributed by atoms with Crippen molar-refractivity contribution in [3.8, 4) is 0 Å². The lowest BCUT2D eigenvalue weighted by molar-refractivity contribution is -0.247. The fourth-order valence-electron chi connectivity index (χ4n) is 11.0. The van der Waals surface area contributed by atoms with Gasteiger partial charge >= 0.3 is 5.97 Å². The monoisotopic (exact) mass is 504 g/mol. The van der Waals surface area contributed by atoms with Crippen molar-refractivity contribution in [1.82, 2.24) is 0 Å². The van der Waals surface area contributed by atoms with Crippen molar-refractivity contribution in [3.05, 3.63) is 11.6 Å². The summed E-state index contributed by atoms with van der Waals surface area (Å²) < 4.78 is 0. The Bertz CT molecular complexity index is 974. The Labute approximate surface area is 216 Å². The molecule has 0 spiro atoms. The molecule has 6 nitrogen and oxygen atoms in total. The molecule has 0 aromatic carbocycles. The molecule has 5 aliphatic rings. The molecule has 4 fully saturated rings. The SMILES string of the molecule is C[C@@H]1CC[C@]2(C(=O)O)CC[C@]3(C)C(=CC[C@H]4[C@@]5(C)C[C@@H](O)[C@@H](O)[C@@](C)(CO)[C@H]5CC[C@]43C)[C@@H]2[C@]1(C)O. The molecular formula is C30H48O6. The zero-order valence-electron chi connectivity index (χ0n) is 23.0. The van der Waals surface area contributed by atoms with Gasteiger partial charge in [0.25, 0.3) is 0 Å². The molecule has 0 amide bonds. The molecule has 12 atom stereocenters. The minimum Gasteiger partial charge on any atom is -0.481 e. The van der Waals surface area contributed by atoms with E-state index in [9.17, 15) is 30.3 Å². The molecule has 5 aliphatic carbocycles. The fraction of sp³-hybridized carbons (Fsp3) is 0.900. The maximum atomic E-state index is 12.8. The number of hydrogen-bond donors (Lipinski definition) is 5. The first kappa shape index (κ1) is 26.6. The van der Waals surface area contributed by atoms with Gasteiger partial charge in [-0.15, -0.1) is 0 Å². The second-order valence-corrected chi connectivity index (χ2v) is 14.7. The van der Waals surface area contributed by atoms with Crippen LogP contribution in [-0.2, 0) is 4.79 Å². The first-order chi connectivity index (χ1) is 16.6. The van der Waals surface area contributed by atoms with E-state index in [-0.39, 0.29) is 40.6 Å². The number of hydrogen-bond acceptors (Lipinski definition) is 5. The molecule has 0 saturated heterocycles. The first-order valence-electron chi connectivity index (χ1n) is 14.2. The summed E-state index contributed by atoms with van der Waals surface area (Å²) in [6.45, 7) is 12.6. The lowest BCUT2D eigenvalue weighted by atomic mass is 9.33. The number of allylic oxidation sites excluding steroid dienone is 1. The Morgan fingerprint density at radius 1 is 1.00 bits per heavy atom. The number of carboxylic acids is 1. The molecule has 0 bridgehead atoms. The molecule has 5 rings (SSSR count). The smallest absolute Gasteiger partial charge is 0.310 e. The molecule has 0 radical (unpaired) electrons. The van der Waals surface area contributed by atoms with Crippen LogP contribution in [0.4, 0.5) is 0 Å². The van der Waals surface area contributed by atoms with E-state index in [1.807, 2.05) is 13.8 Å². The number of carboxylic acid groups (broad SMARTS) is 1. The van der Waals surface area contributed by atoms with Gasteiger partial charge in [0.15, 0.2) is 0 Å². The van der Waals surface area contributed by atoms with E-state index in [1.54, 1.807) is 0 Å². The van der Waals surface area contributed by atoms with Crippen LogP contribution in [0.2, 0.25) is 0 Å². The van der Waals surface area contributed by atoms with Crippen LogP contribution in [0.5, 0.6) is 0 Å². The molecule has 0 aromatic rings. The fourth-order valence-corrected chi connectivity index (χ4v) is 11.0. The summed E-state index contributed by atoms with van der Waals surface area (Å²) in [5.74, 6) is -0.834. The normalized spacial score (nSPS) is 58.6. The number of fused-ring (bicyclic) bond motifs is 7. The van der Waals surface area contributed by atoms with Gasteiger partial charge in [0.2, 0.25) is 0 Å². The van der Waals surface area contributed by atoms with E-state index < -0.39 is 40.5 Å².